The highest BCUT2D eigenvalue weighted by Crippen LogP contribution is 2.22. The third-order valence-electron chi connectivity index (χ3n) is 6.28. The average Bonchev–Trinajstić information content (AvgIpc) is 2.67. The number of aliphatic hydroxyl groups excluding tert-OH is 1. The first-order valence-corrected chi connectivity index (χ1v) is 13.2. The summed E-state index contributed by atoms with van der Waals surface area (Å²) in [6.45, 7) is 9.95. The molecule has 0 spiro atoms. The summed E-state index contributed by atoms with van der Waals surface area (Å²) in [7, 11) is 2.20. The van der Waals surface area contributed by atoms with Gasteiger partial charge in [0.05, 0.1) is 26.2 Å². The fourth-order valence-corrected chi connectivity index (χ4v) is 4.63. The Morgan fingerprint density at radius 2 is 1.17 bits per heavy atom. The molecule has 0 aliphatic carbocycles. The van der Waals surface area contributed by atoms with Gasteiger partial charge in [-0.3, -0.25) is 0 Å². The van der Waals surface area contributed by atoms with Crippen LogP contribution in [0.2, 0.25) is 0 Å². The van der Waals surface area contributed by atoms with Crippen LogP contribution in [0.3, 0.4) is 0 Å². The average molecular weight is 467 g/mol. The number of hydrogen-bond acceptors (Lipinski definition) is 1. The number of alkyl halides is 1. The van der Waals surface area contributed by atoms with Crippen molar-refractivity contribution in [2.45, 2.75) is 135 Å². The summed E-state index contributed by atoms with van der Waals surface area (Å²) >= 11 is 6.60. The molecule has 0 heterocycles. The third-order valence-corrected chi connectivity index (χ3v) is 6.93. The second-order valence-corrected chi connectivity index (χ2v) is 10.0. The second kappa shape index (κ2) is 22.4. The van der Waals surface area contributed by atoms with Crippen LogP contribution in [0.4, 0.5) is 0 Å². The monoisotopic (exact) mass is 465 g/mol. The molecule has 4 heteroatoms. The molecule has 0 saturated heterocycles. The lowest BCUT2D eigenvalue weighted by Crippen LogP contribution is -3.00. The lowest BCUT2D eigenvalue weighted by molar-refractivity contribution is -0.916. The Kier molecular flexibility index (Phi) is 24.2. The van der Waals surface area contributed by atoms with Crippen molar-refractivity contribution < 1.29 is 22.0 Å². The van der Waals surface area contributed by atoms with Gasteiger partial charge < -0.3 is 22.0 Å². The smallest absolute Gasteiger partial charge is 0.167 e. The number of hydrogen-bond donors (Lipinski definition) is 1. The maximum Gasteiger partial charge on any atom is 0.167 e. The van der Waals surface area contributed by atoms with E-state index < -0.39 is 0 Å². The van der Waals surface area contributed by atoms with Crippen LogP contribution in [-0.4, -0.2) is 41.3 Å². The summed E-state index contributed by atoms with van der Waals surface area (Å²) < 4.78 is 0.786. The minimum atomic E-state index is -0.342. The summed E-state index contributed by atoms with van der Waals surface area (Å²) in [6.07, 6.45) is 24.6. The predicted octanol–water partition coefficient (Wildman–Crippen LogP) is 5.22. The first-order valence-electron chi connectivity index (χ1n) is 12.7. The van der Waals surface area contributed by atoms with Gasteiger partial charge in [-0.2, -0.15) is 0 Å². The van der Waals surface area contributed by atoms with Crippen LogP contribution in [0.15, 0.2) is 12.7 Å². The van der Waals surface area contributed by atoms with Crippen LogP contribution < -0.4 is 12.4 Å². The molecule has 0 fully saturated rings. The van der Waals surface area contributed by atoms with E-state index in [0.717, 1.165) is 17.6 Å². The van der Waals surface area contributed by atoms with Gasteiger partial charge in [0.2, 0.25) is 0 Å². The van der Waals surface area contributed by atoms with Crippen molar-refractivity contribution in [2.24, 2.45) is 0 Å². The van der Waals surface area contributed by atoms with Gasteiger partial charge in [0, 0.05) is 6.42 Å². The van der Waals surface area contributed by atoms with Gasteiger partial charge in [-0.1, -0.05) is 115 Å². The molecule has 0 saturated carbocycles. The Bertz CT molecular complexity index is 365. The minimum Gasteiger partial charge on any atom is -1.00 e. The van der Waals surface area contributed by atoms with E-state index in [4.69, 9.17) is 11.6 Å². The number of unbranched alkanes of at least 4 members (excludes halogenated alkanes) is 15. The molecule has 0 aromatic carbocycles. The molecule has 0 radical (unpaired) electrons. The van der Waals surface area contributed by atoms with E-state index in [1.54, 1.807) is 0 Å². The van der Waals surface area contributed by atoms with Crippen molar-refractivity contribution in [3.8, 4) is 0 Å². The van der Waals surface area contributed by atoms with E-state index in [9.17, 15) is 5.11 Å². The normalized spacial score (nSPS) is 15.2. The van der Waals surface area contributed by atoms with Crippen molar-refractivity contribution in [2.75, 3.05) is 20.1 Å². The highest BCUT2D eigenvalue weighted by Gasteiger charge is 2.30. The first-order chi connectivity index (χ1) is 14.0. The fourth-order valence-electron chi connectivity index (χ4n) is 4.20. The van der Waals surface area contributed by atoms with Crippen LogP contribution in [0.1, 0.15) is 123 Å². The first kappa shape index (κ1) is 32.4. The molecule has 0 amide bonds. The number of aliphatic hydroxyl groups is 1. The van der Waals surface area contributed by atoms with Crippen molar-refractivity contribution in [1.82, 2.24) is 0 Å². The molecule has 0 rings (SSSR count). The summed E-state index contributed by atoms with van der Waals surface area (Å²) in [5.74, 6) is 0. The number of rotatable bonds is 22. The third kappa shape index (κ3) is 19.0. The van der Waals surface area contributed by atoms with Crippen LogP contribution in [0, 0.1) is 0 Å². The largest absolute Gasteiger partial charge is 1.00 e. The quantitative estimate of drug-likeness (QED) is 0.0763. The molecule has 0 aliphatic heterocycles. The van der Waals surface area contributed by atoms with Crippen molar-refractivity contribution in [3.63, 3.8) is 0 Å². The van der Waals surface area contributed by atoms with E-state index in [-0.39, 0.29) is 24.0 Å². The van der Waals surface area contributed by atoms with Crippen LogP contribution in [-0.2, 0) is 0 Å². The summed E-state index contributed by atoms with van der Waals surface area (Å²) in [4.78, 5) is 0. The Labute approximate surface area is 200 Å². The summed E-state index contributed by atoms with van der Waals surface area (Å²) in [5, 5.41) is 9.65. The Hall–Kier alpha value is 0.240. The fraction of sp³-hybridized carbons (Fsp3) is 0.923. The Morgan fingerprint density at radius 3 is 1.50 bits per heavy atom. The molecule has 3 unspecified atom stereocenters. The predicted molar refractivity (Wildman–Crippen MR) is 132 cm³/mol. The zero-order chi connectivity index (χ0) is 21.8. The van der Waals surface area contributed by atoms with E-state index in [2.05, 4.69) is 20.6 Å². The molecule has 0 aliphatic rings. The number of likely N-dealkylation sites (N-methyl/N-ethyl adjacent to an activating group) is 1. The molecule has 0 aromatic heterocycles. The van der Waals surface area contributed by atoms with Crippen LogP contribution in [0.5, 0.6) is 0 Å². The molecule has 0 bridgehead atoms. The number of halogens is 2. The highest BCUT2D eigenvalue weighted by molar-refractivity contribution is 6.19. The Balaban J connectivity index is 0. The standard InChI is InChI=1S/C26H53ClNO.ClH/c1-5-7-8-9-10-11-12-13-14-15-16-17-18-19-20-21-23-28(4,22-6-2)26(27)24-25(3)29;/h6,25-26,29H,2,5,7-24H2,1,3-4H3;1H/q+1;/p-1. The lowest BCUT2D eigenvalue weighted by atomic mass is 10.0. The molecular formula is C26H53Cl2NO. The number of quaternary nitrogens is 1. The van der Waals surface area contributed by atoms with Gasteiger partial charge in [-0.25, -0.2) is 0 Å². The highest BCUT2D eigenvalue weighted by atomic mass is 35.5. The maximum atomic E-state index is 9.65. The topological polar surface area (TPSA) is 20.2 Å². The molecule has 1 N–H and O–H groups in total. The van der Waals surface area contributed by atoms with Gasteiger partial charge >= 0.3 is 0 Å². The van der Waals surface area contributed by atoms with E-state index in [0.29, 0.717) is 6.42 Å². The summed E-state index contributed by atoms with van der Waals surface area (Å²) in [6, 6.07) is 0. The lowest BCUT2D eigenvalue weighted by Gasteiger charge is -2.38. The molecule has 182 valence electrons. The molecule has 0 aromatic rings. The van der Waals surface area contributed by atoms with Gasteiger partial charge in [-0.15, -0.1) is 0 Å². The van der Waals surface area contributed by atoms with Gasteiger partial charge in [0.1, 0.15) is 0 Å². The molecular weight excluding hydrogens is 413 g/mol. The maximum absolute atomic E-state index is 9.65. The van der Waals surface area contributed by atoms with Crippen molar-refractivity contribution in [3.05, 3.63) is 12.7 Å². The summed E-state index contributed by atoms with van der Waals surface area (Å²) in [5.41, 5.74) is -0.0376. The SMILES string of the molecule is C=CC[N+](C)(CCCCCCCCCCCCCCCCCC)C(Cl)CC(C)O.[Cl-]. The molecule has 3 atom stereocenters. The zero-order valence-electron chi connectivity index (χ0n) is 20.5. The van der Waals surface area contributed by atoms with Gasteiger partial charge in [0.25, 0.3) is 0 Å². The molecule has 30 heavy (non-hydrogen) atoms. The molecule has 2 nitrogen and oxygen atoms in total. The minimum absolute atomic E-state index is 0. The van der Waals surface area contributed by atoms with Crippen LogP contribution >= 0.6 is 11.6 Å². The van der Waals surface area contributed by atoms with Crippen LogP contribution in [0.25, 0.3) is 0 Å². The van der Waals surface area contributed by atoms with Crippen molar-refractivity contribution >= 4 is 11.6 Å². The van der Waals surface area contributed by atoms with Crippen molar-refractivity contribution in [1.29, 1.82) is 0 Å². The number of nitrogens with zero attached hydrogens (tertiary/aromatic N) is 1. The van der Waals surface area contributed by atoms with Gasteiger partial charge in [0.15, 0.2) is 5.50 Å². The van der Waals surface area contributed by atoms with E-state index in [1.807, 2.05) is 13.0 Å². The second-order valence-electron chi connectivity index (χ2n) is 9.50. The zero-order valence-corrected chi connectivity index (χ0v) is 22.0. The van der Waals surface area contributed by atoms with E-state index >= 15 is 0 Å². The van der Waals surface area contributed by atoms with Gasteiger partial charge in [-0.05, 0) is 25.8 Å². The Morgan fingerprint density at radius 1 is 0.800 bits per heavy atom. The van der Waals surface area contributed by atoms with E-state index in [1.165, 1.54) is 103 Å².